The van der Waals surface area contributed by atoms with Crippen molar-refractivity contribution in [2.45, 2.75) is 32.5 Å². The number of allylic oxidation sites excluding steroid dienone is 2. The first-order chi connectivity index (χ1) is 16.5. The van der Waals surface area contributed by atoms with Crippen LogP contribution in [-0.2, 0) is 12.5 Å². The Kier molecular flexibility index (Phi) is 8.03. The lowest BCUT2D eigenvalue weighted by atomic mass is 10.00. The second-order valence-electron chi connectivity index (χ2n) is 7.33. The number of aryl methyl sites for hydroxylation is 1. The summed E-state index contributed by atoms with van der Waals surface area (Å²) in [6.45, 7) is -1.69. The fourth-order valence-corrected chi connectivity index (χ4v) is 3.29. The number of hydrogen-bond acceptors (Lipinski definition) is 2. The zero-order chi connectivity index (χ0) is 25.8. The van der Waals surface area contributed by atoms with Crippen molar-refractivity contribution < 1.29 is 44.6 Å². The Labute approximate surface area is 195 Å². The molecule has 35 heavy (non-hydrogen) atoms. The predicted molar refractivity (Wildman–Crippen MR) is 112 cm³/mol. The molecule has 0 saturated heterocycles. The number of ether oxygens (including phenoxy) is 2. The van der Waals surface area contributed by atoms with Crippen molar-refractivity contribution in [1.82, 2.24) is 0 Å². The molecule has 0 fully saturated rings. The van der Waals surface area contributed by atoms with Gasteiger partial charge in [-0.05, 0) is 48.6 Å². The summed E-state index contributed by atoms with van der Waals surface area (Å²) in [4.78, 5) is 0. The Bertz CT molecular complexity index is 1160. The van der Waals surface area contributed by atoms with Crippen LogP contribution in [0.25, 0.3) is 11.1 Å². The van der Waals surface area contributed by atoms with Gasteiger partial charge in [0.1, 0.15) is 22.9 Å². The van der Waals surface area contributed by atoms with Crippen molar-refractivity contribution in [2.24, 2.45) is 0 Å². The van der Waals surface area contributed by atoms with Crippen molar-refractivity contribution >= 4 is 0 Å². The van der Waals surface area contributed by atoms with Gasteiger partial charge in [0.05, 0.1) is 0 Å². The molecule has 3 aromatic carbocycles. The third-order valence-electron chi connectivity index (χ3n) is 4.88. The van der Waals surface area contributed by atoms with E-state index in [1.54, 1.807) is 24.3 Å². The Balaban J connectivity index is 1.86. The monoisotopic (exact) mass is 502 g/mol. The summed E-state index contributed by atoms with van der Waals surface area (Å²) in [5.41, 5.74) is -0.482. The van der Waals surface area contributed by atoms with Gasteiger partial charge in [-0.25, -0.2) is 17.6 Å². The largest absolute Gasteiger partial charge is 0.432 e. The SMILES string of the molecule is C/C=C/CCc1ccc(-c2cc(F)c(C(F)(F)Oc3cc(F)c(OC(F)F)c(F)c3)c(F)c2)cc1. The van der Waals surface area contributed by atoms with E-state index >= 15 is 0 Å². The molecule has 0 bridgehead atoms. The summed E-state index contributed by atoms with van der Waals surface area (Å²) >= 11 is 0. The topological polar surface area (TPSA) is 18.5 Å². The molecule has 0 heterocycles. The van der Waals surface area contributed by atoms with Crippen LogP contribution in [0.2, 0.25) is 0 Å². The van der Waals surface area contributed by atoms with Gasteiger partial charge in [0, 0.05) is 12.1 Å². The second-order valence-corrected chi connectivity index (χ2v) is 7.33. The van der Waals surface area contributed by atoms with Gasteiger partial charge >= 0.3 is 12.7 Å². The van der Waals surface area contributed by atoms with Crippen LogP contribution in [0.1, 0.15) is 24.5 Å². The molecular weight excluding hydrogens is 484 g/mol. The lowest BCUT2D eigenvalue weighted by molar-refractivity contribution is -0.189. The fraction of sp³-hybridized carbons (Fsp3) is 0.200. The molecule has 0 aliphatic heterocycles. The van der Waals surface area contributed by atoms with E-state index in [0.29, 0.717) is 17.7 Å². The molecule has 0 saturated carbocycles. The first-order valence-corrected chi connectivity index (χ1v) is 10.2. The first kappa shape index (κ1) is 26.1. The van der Waals surface area contributed by atoms with Gasteiger partial charge in [0.2, 0.25) is 0 Å². The van der Waals surface area contributed by atoms with Gasteiger partial charge in [0.15, 0.2) is 17.4 Å². The van der Waals surface area contributed by atoms with Crippen LogP contribution < -0.4 is 9.47 Å². The fourth-order valence-electron chi connectivity index (χ4n) is 3.29. The van der Waals surface area contributed by atoms with E-state index in [1.807, 2.05) is 19.1 Å². The van der Waals surface area contributed by atoms with Crippen LogP contribution in [-0.4, -0.2) is 6.61 Å². The number of benzene rings is 3. The van der Waals surface area contributed by atoms with Crippen molar-refractivity contribution in [2.75, 3.05) is 0 Å². The van der Waals surface area contributed by atoms with Gasteiger partial charge in [-0.15, -0.1) is 0 Å². The van der Waals surface area contributed by atoms with E-state index in [2.05, 4.69) is 9.47 Å². The first-order valence-electron chi connectivity index (χ1n) is 10.2. The maximum atomic E-state index is 14.6. The van der Waals surface area contributed by atoms with Gasteiger partial charge in [-0.1, -0.05) is 36.4 Å². The van der Waals surface area contributed by atoms with E-state index in [9.17, 15) is 35.1 Å². The number of halogens is 8. The molecule has 0 aromatic heterocycles. The van der Waals surface area contributed by atoms with Crippen LogP contribution in [0, 0.1) is 23.3 Å². The second kappa shape index (κ2) is 10.8. The molecule has 0 atom stereocenters. The van der Waals surface area contributed by atoms with Crippen LogP contribution in [0.4, 0.5) is 35.1 Å². The highest BCUT2D eigenvalue weighted by atomic mass is 19.3. The summed E-state index contributed by atoms with van der Waals surface area (Å²) in [7, 11) is 0. The summed E-state index contributed by atoms with van der Waals surface area (Å²) in [6.07, 6.45) is 0.733. The van der Waals surface area contributed by atoms with E-state index < -0.39 is 53.1 Å². The third-order valence-corrected chi connectivity index (χ3v) is 4.88. The molecule has 0 spiro atoms. The minimum Gasteiger partial charge on any atom is -0.429 e. The van der Waals surface area contributed by atoms with Crippen molar-refractivity contribution in [1.29, 1.82) is 0 Å². The van der Waals surface area contributed by atoms with E-state index in [0.717, 1.165) is 18.4 Å². The van der Waals surface area contributed by atoms with Crippen molar-refractivity contribution in [3.8, 4) is 22.6 Å². The number of rotatable bonds is 9. The molecular formula is C25H18F8O2. The maximum absolute atomic E-state index is 14.6. The van der Waals surface area contributed by atoms with Gasteiger partial charge in [0.25, 0.3) is 0 Å². The normalized spacial score (nSPS) is 11.9. The highest BCUT2D eigenvalue weighted by molar-refractivity contribution is 5.64. The minimum absolute atomic E-state index is 0.0230. The van der Waals surface area contributed by atoms with Crippen LogP contribution in [0.5, 0.6) is 11.5 Å². The van der Waals surface area contributed by atoms with E-state index in [-0.39, 0.29) is 17.7 Å². The number of hydrogen-bond donors (Lipinski definition) is 0. The molecule has 3 rings (SSSR count). The molecule has 3 aromatic rings. The molecule has 0 aliphatic carbocycles. The summed E-state index contributed by atoms with van der Waals surface area (Å²) < 4.78 is 118. The lowest BCUT2D eigenvalue weighted by Gasteiger charge is -2.20. The molecule has 0 aliphatic rings. The molecule has 2 nitrogen and oxygen atoms in total. The Morgan fingerprint density at radius 1 is 0.829 bits per heavy atom. The maximum Gasteiger partial charge on any atom is 0.432 e. The van der Waals surface area contributed by atoms with E-state index in [1.165, 1.54) is 0 Å². The lowest BCUT2D eigenvalue weighted by Crippen LogP contribution is -2.25. The summed E-state index contributed by atoms with van der Waals surface area (Å²) in [5, 5.41) is 0. The summed E-state index contributed by atoms with van der Waals surface area (Å²) in [5.74, 6) is -9.61. The highest BCUT2D eigenvalue weighted by Gasteiger charge is 2.41. The van der Waals surface area contributed by atoms with Crippen LogP contribution in [0.3, 0.4) is 0 Å². The quantitative estimate of drug-likeness (QED) is 0.217. The summed E-state index contributed by atoms with van der Waals surface area (Å²) in [6, 6.07) is 8.24. The standard InChI is InChI=1S/C25H18F8O2/c1-2-3-4-5-14-6-8-15(9-7-14)16-10-18(26)22(19(27)11-16)25(32,33)35-17-12-20(28)23(21(29)13-17)34-24(30)31/h2-3,6-13,24H,4-5H2,1H3/b3-2+. The number of alkyl halides is 4. The smallest absolute Gasteiger partial charge is 0.429 e. The average Bonchev–Trinajstić information content (AvgIpc) is 2.76. The van der Waals surface area contributed by atoms with Gasteiger partial charge in [-0.3, -0.25) is 0 Å². The Morgan fingerprint density at radius 3 is 1.91 bits per heavy atom. The molecule has 0 radical (unpaired) electrons. The average molecular weight is 502 g/mol. The van der Waals surface area contributed by atoms with Crippen molar-refractivity contribution in [3.63, 3.8) is 0 Å². The van der Waals surface area contributed by atoms with E-state index in [4.69, 9.17) is 0 Å². The zero-order valence-electron chi connectivity index (χ0n) is 18.1. The van der Waals surface area contributed by atoms with Gasteiger partial charge in [-0.2, -0.15) is 17.6 Å². The molecule has 10 heteroatoms. The Morgan fingerprint density at radius 2 is 1.40 bits per heavy atom. The molecule has 186 valence electrons. The van der Waals surface area contributed by atoms with Crippen LogP contribution >= 0.6 is 0 Å². The molecule has 0 amide bonds. The molecule has 0 unspecified atom stereocenters. The zero-order valence-corrected chi connectivity index (χ0v) is 18.1. The molecule has 0 N–H and O–H groups in total. The Hall–Kier alpha value is -3.56. The third kappa shape index (κ3) is 6.32. The minimum atomic E-state index is -4.70. The van der Waals surface area contributed by atoms with Gasteiger partial charge < -0.3 is 9.47 Å². The predicted octanol–water partition coefficient (Wildman–Crippen LogP) is 8.15. The highest BCUT2D eigenvalue weighted by Crippen LogP contribution is 2.38. The van der Waals surface area contributed by atoms with Crippen LogP contribution in [0.15, 0.2) is 60.7 Å². The van der Waals surface area contributed by atoms with Crippen molar-refractivity contribution in [3.05, 3.63) is 95.1 Å².